The molecule has 5 heteroatoms. The fourth-order valence-corrected chi connectivity index (χ4v) is 4.00. The second kappa shape index (κ2) is 8.53. The van der Waals surface area contributed by atoms with Gasteiger partial charge in [0.15, 0.2) is 0 Å². The first-order chi connectivity index (χ1) is 13.3. The molecule has 27 heavy (non-hydrogen) atoms. The molecule has 2 saturated heterocycles. The average molecular weight is 364 g/mol. The number of amides is 1. The van der Waals surface area contributed by atoms with E-state index in [1.807, 2.05) is 17.2 Å². The Labute approximate surface area is 161 Å². The molecule has 1 amide bonds. The minimum Gasteiger partial charge on any atom is -0.368 e. The Morgan fingerprint density at radius 1 is 0.889 bits per heavy atom. The van der Waals surface area contributed by atoms with Crippen LogP contribution in [0.1, 0.15) is 35.2 Å². The summed E-state index contributed by atoms with van der Waals surface area (Å²) >= 11 is 0. The molecule has 0 unspecified atom stereocenters. The molecular formula is C22H28N4O. The Morgan fingerprint density at radius 3 is 2.37 bits per heavy atom. The van der Waals surface area contributed by atoms with E-state index in [1.54, 1.807) is 6.20 Å². The highest BCUT2D eigenvalue weighted by Gasteiger charge is 2.21. The molecule has 2 aromatic rings. The predicted octanol–water partition coefficient (Wildman–Crippen LogP) is 3.03. The van der Waals surface area contributed by atoms with E-state index < -0.39 is 0 Å². The van der Waals surface area contributed by atoms with Gasteiger partial charge in [-0.1, -0.05) is 30.3 Å². The summed E-state index contributed by atoms with van der Waals surface area (Å²) in [4.78, 5) is 23.9. The number of likely N-dealkylation sites (tertiary alicyclic amines) is 1. The summed E-state index contributed by atoms with van der Waals surface area (Å²) in [5.41, 5.74) is 3.15. The first-order valence-corrected chi connectivity index (χ1v) is 10.1. The van der Waals surface area contributed by atoms with Crippen molar-refractivity contribution >= 4 is 11.6 Å². The summed E-state index contributed by atoms with van der Waals surface area (Å²) in [5, 5.41) is 0. The number of hydrogen-bond acceptors (Lipinski definition) is 4. The number of piperazine rings is 1. The normalized spacial score (nSPS) is 18.5. The molecule has 2 fully saturated rings. The van der Waals surface area contributed by atoms with E-state index in [9.17, 15) is 4.79 Å². The molecule has 0 radical (unpaired) electrons. The van der Waals surface area contributed by atoms with Crippen LogP contribution in [0.3, 0.4) is 0 Å². The number of carbonyl (C=O) groups excluding carboxylic acids is 1. The van der Waals surface area contributed by atoms with Crippen LogP contribution in [-0.4, -0.2) is 60.0 Å². The van der Waals surface area contributed by atoms with E-state index in [-0.39, 0.29) is 5.91 Å². The zero-order valence-corrected chi connectivity index (χ0v) is 15.9. The van der Waals surface area contributed by atoms with E-state index in [4.69, 9.17) is 0 Å². The van der Waals surface area contributed by atoms with Gasteiger partial charge in [-0.15, -0.1) is 0 Å². The number of aromatic nitrogens is 1. The molecule has 142 valence electrons. The van der Waals surface area contributed by atoms with Gasteiger partial charge in [0.25, 0.3) is 5.91 Å². The molecule has 2 aliphatic heterocycles. The van der Waals surface area contributed by atoms with Crippen LogP contribution in [0, 0.1) is 0 Å². The molecule has 2 aliphatic rings. The first kappa shape index (κ1) is 18.0. The highest BCUT2D eigenvalue weighted by molar-refractivity contribution is 5.94. The van der Waals surface area contributed by atoms with Crippen LogP contribution in [0.2, 0.25) is 0 Å². The molecule has 5 nitrogen and oxygen atoms in total. The fraction of sp³-hybridized carbons (Fsp3) is 0.455. The van der Waals surface area contributed by atoms with Crippen LogP contribution in [0.25, 0.3) is 0 Å². The molecule has 1 aromatic carbocycles. The van der Waals surface area contributed by atoms with E-state index >= 15 is 0 Å². The first-order valence-electron chi connectivity index (χ1n) is 10.1. The quantitative estimate of drug-likeness (QED) is 0.836. The lowest BCUT2D eigenvalue weighted by atomic mass is 10.1. The van der Waals surface area contributed by atoms with Crippen molar-refractivity contribution in [1.29, 1.82) is 0 Å². The molecule has 0 saturated carbocycles. The standard InChI is InChI=1S/C22H28N4O/c27-22(26-9-5-2-6-10-26)20-15-21(17-23-16-20)25-13-11-24(12-14-25)18-19-7-3-1-4-8-19/h1,3-4,7-8,15-17H,2,5-6,9-14,18H2. The van der Waals surface area contributed by atoms with Crippen LogP contribution >= 0.6 is 0 Å². The summed E-state index contributed by atoms with van der Waals surface area (Å²) in [5.74, 6) is 0.131. The third-order valence-corrected chi connectivity index (χ3v) is 5.60. The molecule has 1 aromatic heterocycles. The third-order valence-electron chi connectivity index (χ3n) is 5.60. The van der Waals surface area contributed by atoms with Crippen molar-refractivity contribution in [3.63, 3.8) is 0 Å². The molecule has 0 bridgehead atoms. The third kappa shape index (κ3) is 4.48. The van der Waals surface area contributed by atoms with Gasteiger partial charge in [0, 0.05) is 52.0 Å². The summed E-state index contributed by atoms with van der Waals surface area (Å²) in [6.45, 7) is 6.74. The van der Waals surface area contributed by atoms with Gasteiger partial charge in [0.05, 0.1) is 17.4 Å². The highest BCUT2D eigenvalue weighted by Crippen LogP contribution is 2.20. The average Bonchev–Trinajstić information content (AvgIpc) is 2.75. The zero-order chi connectivity index (χ0) is 18.5. The minimum absolute atomic E-state index is 0.131. The predicted molar refractivity (Wildman–Crippen MR) is 108 cm³/mol. The van der Waals surface area contributed by atoms with Gasteiger partial charge in [-0.3, -0.25) is 14.7 Å². The van der Waals surface area contributed by atoms with E-state index in [1.165, 1.54) is 12.0 Å². The van der Waals surface area contributed by atoms with Crippen molar-refractivity contribution in [1.82, 2.24) is 14.8 Å². The van der Waals surface area contributed by atoms with Crippen LogP contribution in [0.15, 0.2) is 48.8 Å². The minimum atomic E-state index is 0.131. The topological polar surface area (TPSA) is 39.7 Å². The van der Waals surface area contributed by atoms with Crippen LogP contribution in [-0.2, 0) is 6.54 Å². The fourth-order valence-electron chi connectivity index (χ4n) is 4.00. The number of rotatable bonds is 4. The molecule has 0 spiro atoms. The molecule has 4 rings (SSSR count). The number of anilines is 1. The lowest BCUT2D eigenvalue weighted by Crippen LogP contribution is -2.46. The summed E-state index contributed by atoms with van der Waals surface area (Å²) in [6.07, 6.45) is 7.06. The monoisotopic (exact) mass is 364 g/mol. The second-order valence-electron chi connectivity index (χ2n) is 7.53. The van der Waals surface area contributed by atoms with Crippen molar-refractivity contribution in [2.45, 2.75) is 25.8 Å². The Bertz CT molecular complexity index is 750. The smallest absolute Gasteiger partial charge is 0.255 e. The van der Waals surface area contributed by atoms with Gasteiger partial charge in [-0.25, -0.2) is 0 Å². The number of carbonyl (C=O) groups is 1. The van der Waals surface area contributed by atoms with E-state index in [0.717, 1.165) is 69.9 Å². The second-order valence-corrected chi connectivity index (χ2v) is 7.53. The van der Waals surface area contributed by atoms with Gasteiger partial charge < -0.3 is 9.80 Å². The van der Waals surface area contributed by atoms with E-state index in [0.29, 0.717) is 0 Å². The number of hydrogen-bond donors (Lipinski definition) is 0. The van der Waals surface area contributed by atoms with Gasteiger partial charge in [0.2, 0.25) is 0 Å². The number of pyridine rings is 1. The molecule has 3 heterocycles. The van der Waals surface area contributed by atoms with Crippen molar-refractivity contribution in [2.24, 2.45) is 0 Å². The zero-order valence-electron chi connectivity index (χ0n) is 15.9. The number of piperidine rings is 1. The van der Waals surface area contributed by atoms with Crippen LogP contribution < -0.4 is 4.90 Å². The summed E-state index contributed by atoms with van der Waals surface area (Å²) in [6, 6.07) is 12.7. The maximum Gasteiger partial charge on any atom is 0.255 e. The summed E-state index contributed by atoms with van der Waals surface area (Å²) in [7, 11) is 0. The number of benzene rings is 1. The van der Waals surface area contributed by atoms with Crippen LogP contribution in [0.5, 0.6) is 0 Å². The Balaban J connectivity index is 1.36. The number of nitrogens with zero attached hydrogens (tertiary/aromatic N) is 4. The maximum atomic E-state index is 12.7. The molecule has 0 aliphatic carbocycles. The van der Waals surface area contributed by atoms with Crippen molar-refractivity contribution in [3.8, 4) is 0 Å². The van der Waals surface area contributed by atoms with Gasteiger partial charge in [0.1, 0.15) is 0 Å². The molecule has 0 N–H and O–H groups in total. The lowest BCUT2D eigenvalue weighted by Gasteiger charge is -2.36. The largest absolute Gasteiger partial charge is 0.368 e. The van der Waals surface area contributed by atoms with Gasteiger partial charge in [-0.05, 0) is 30.9 Å². The Morgan fingerprint density at radius 2 is 1.63 bits per heavy atom. The van der Waals surface area contributed by atoms with Crippen molar-refractivity contribution < 1.29 is 4.79 Å². The lowest BCUT2D eigenvalue weighted by molar-refractivity contribution is 0.0724. The van der Waals surface area contributed by atoms with Crippen molar-refractivity contribution in [3.05, 3.63) is 59.9 Å². The summed E-state index contributed by atoms with van der Waals surface area (Å²) < 4.78 is 0. The van der Waals surface area contributed by atoms with E-state index in [2.05, 4.69) is 45.1 Å². The Kier molecular flexibility index (Phi) is 5.68. The van der Waals surface area contributed by atoms with Gasteiger partial charge in [-0.2, -0.15) is 0 Å². The molecular weight excluding hydrogens is 336 g/mol. The Hall–Kier alpha value is -2.40. The highest BCUT2D eigenvalue weighted by atomic mass is 16.2. The van der Waals surface area contributed by atoms with Gasteiger partial charge >= 0.3 is 0 Å². The SMILES string of the molecule is O=C(c1cncc(N2CCN(Cc3ccccc3)CC2)c1)N1CCCCC1. The molecule has 0 atom stereocenters. The van der Waals surface area contributed by atoms with Crippen molar-refractivity contribution in [2.75, 3.05) is 44.2 Å². The maximum absolute atomic E-state index is 12.7. The van der Waals surface area contributed by atoms with Crippen LogP contribution in [0.4, 0.5) is 5.69 Å².